The second-order valence-corrected chi connectivity index (χ2v) is 5.77. The van der Waals surface area contributed by atoms with Crippen molar-refractivity contribution in [3.05, 3.63) is 22.2 Å². The Bertz CT molecular complexity index is 569. The molecule has 0 saturated heterocycles. The Morgan fingerprint density at radius 1 is 1.35 bits per heavy atom. The van der Waals surface area contributed by atoms with Crippen LogP contribution in [0.5, 0.6) is 5.75 Å². The summed E-state index contributed by atoms with van der Waals surface area (Å²) < 4.78 is 44.2. The number of anilines is 1. The van der Waals surface area contributed by atoms with Crippen LogP contribution in [0.2, 0.25) is 0 Å². The van der Waals surface area contributed by atoms with Crippen LogP contribution in [0.25, 0.3) is 0 Å². The minimum atomic E-state index is -4.46. The van der Waals surface area contributed by atoms with E-state index in [0.29, 0.717) is 5.75 Å². The number of rotatable bonds is 1. The van der Waals surface area contributed by atoms with Gasteiger partial charge in [0.15, 0.2) is 5.75 Å². The molecule has 3 nitrogen and oxygen atoms in total. The van der Waals surface area contributed by atoms with Gasteiger partial charge in [-0.1, -0.05) is 0 Å². The zero-order chi connectivity index (χ0) is 14.5. The summed E-state index contributed by atoms with van der Waals surface area (Å²) in [6, 6.07) is 1.96. The molecule has 1 saturated carbocycles. The highest BCUT2D eigenvalue weighted by Gasteiger charge is 2.39. The average molecular weight is 350 g/mol. The summed E-state index contributed by atoms with van der Waals surface area (Å²) in [5.74, 6) is 0.147. The summed E-state index contributed by atoms with van der Waals surface area (Å²) in [5.41, 5.74) is -0.586. The lowest BCUT2D eigenvalue weighted by atomic mass is 10.1. The molecule has 0 bridgehead atoms. The number of halogens is 4. The Morgan fingerprint density at radius 2 is 2.05 bits per heavy atom. The van der Waals surface area contributed by atoms with Crippen molar-refractivity contribution < 1.29 is 22.7 Å². The number of amides is 1. The van der Waals surface area contributed by atoms with Gasteiger partial charge in [0, 0.05) is 5.92 Å². The van der Waals surface area contributed by atoms with Crippen molar-refractivity contribution in [2.75, 3.05) is 18.1 Å². The maximum absolute atomic E-state index is 12.9. The lowest BCUT2D eigenvalue weighted by Gasteiger charge is -2.31. The third kappa shape index (κ3) is 2.39. The first-order valence-corrected chi connectivity index (χ1v) is 7.02. The molecule has 0 spiro atoms. The topological polar surface area (TPSA) is 29.5 Å². The number of nitrogens with zero attached hydrogens (tertiary/aromatic N) is 1. The molecule has 1 aliphatic heterocycles. The Hall–Kier alpha value is -1.24. The number of carbonyl (C=O) groups excluding carboxylic acids is 1. The van der Waals surface area contributed by atoms with E-state index in [4.69, 9.17) is 4.74 Å². The lowest BCUT2D eigenvalue weighted by molar-refractivity contribution is -0.137. The van der Waals surface area contributed by atoms with Crippen LogP contribution < -0.4 is 9.64 Å². The first kappa shape index (κ1) is 13.7. The summed E-state index contributed by atoms with van der Waals surface area (Å²) in [5, 5.41) is 0. The van der Waals surface area contributed by atoms with Crippen LogP contribution >= 0.6 is 15.9 Å². The van der Waals surface area contributed by atoms with Crippen molar-refractivity contribution >= 4 is 27.5 Å². The van der Waals surface area contributed by atoms with Crippen LogP contribution in [0.3, 0.4) is 0 Å². The van der Waals surface area contributed by atoms with E-state index in [-0.39, 0.29) is 35.1 Å². The molecule has 1 heterocycles. The second kappa shape index (κ2) is 4.65. The summed E-state index contributed by atoms with van der Waals surface area (Å²) >= 11 is 3.09. The van der Waals surface area contributed by atoms with Gasteiger partial charge in [0.05, 0.1) is 22.3 Å². The maximum atomic E-state index is 12.9. The predicted molar refractivity (Wildman–Crippen MR) is 69.7 cm³/mol. The van der Waals surface area contributed by atoms with Crippen molar-refractivity contribution in [2.24, 2.45) is 5.92 Å². The Kier molecular flexibility index (Phi) is 3.19. The average Bonchev–Trinajstić information content (AvgIpc) is 3.20. The summed E-state index contributed by atoms with van der Waals surface area (Å²) in [7, 11) is 0. The molecule has 1 aromatic carbocycles. The summed E-state index contributed by atoms with van der Waals surface area (Å²) in [4.78, 5) is 13.6. The highest BCUT2D eigenvalue weighted by atomic mass is 79.9. The molecule has 1 fully saturated rings. The molecule has 1 aliphatic carbocycles. The van der Waals surface area contributed by atoms with E-state index in [1.165, 1.54) is 4.90 Å². The van der Waals surface area contributed by atoms with Crippen LogP contribution in [0.15, 0.2) is 16.6 Å². The van der Waals surface area contributed by atoms with E-state index in [2.05, 4.69) is 15.9 Å². The number of carbonyl (C=O) groups is 1. The van der Waals surface area contributed by atoms with E-state index in [1.54, 1.807) is 0 Å². The molecule has 3 rings (SSSR count). The molecule has 2 aliphatic rings. The normalized spacial score (nSPS) is 18.5. The Balaban J connectivity index is 2.06. The smallest absolute Gasteiger partial charge is 0.416 e. The van der Waals surface area contributed by atoms with Gasteiger partial charge in [-0.05, 0) is 40.9 Å². The van der Waals surface area contributed by atoms with Crippen molar-refractivity contribution in [3.8, 4) is 5.75 Å². The Labute approximate surface area is 121 Å². The zero-order valence-corrected chi connectivity index (χ0v) is 11.9. The molecule has 1 amide bonds. The van der Waals surface area contributed by atoms with E-state index < -0.39 is 11.7 Å². The van der Waals surface area contributed by atoms with Crippen LogP contribution in [-0.4, -0.2) is 19.1 Å². The number of alkyl halides is 3. The van der Waals surface area contributed by atoms with E-state index in [9.17, 15) is 18.0 Å². The van der Waals surface area contributed by atoms with Crippen molar-refractivity contribution in [1.29, 1.82) is 0 Å². The first-order chi connectivity index (χ1) is 9.38. The second-order valence-electron chi connectivity index (χ2n) is 4.92. The fraction of sp³-hybridized carbons (Fsp3) is 0.462. The lowest BCUT2D eigenvalue weighted by Crippen LogP contribution is -2.39. The van der Waals surface area contributed by atoms with Crippen molar-refractivity contribution in [1.82, 2.24) is 0 Å². The molecule has 20 heavy (non-hydrogen) atoms. The van der Waals surface area contributed by atoms with Crippen LogP contribution in [0, 0.1) is 5.92 Å². The third-order valence-corrected chi connectivity index (χ3v) is 3.99. The molecule has 1 aromatic rings. The summed E-state index contributed by atoms with van der Waals surface area (Å²) in [6.07, 6.45) is -2.83. The van der Waals surface area contributed by atoms with Gasteiger partial charge in [-0.25, -0.2) is 0 Å². The molecule has 0 N–H and O–H groups in total. The van der Waals surface area contributed by atoms with E-state index >= 15 is 0 Å². The van der Waals surface area contributed by atoms with Gasteiger partial charge in [0.2, 0.25) is 5.91 Å². The molecule has 0 aromatic heterocycles. The standard InChI is InChI=1S/C13H11BrF3NO2/c14-9-5-8(13(15,16)17)6-10-11(9)20-4-3-18(10)12(19)7-1-2-7/h5-7H,1-4H2. The number of hydrogen-bond donors (Lipinski definition) is 0. The molecule has 0 atom stereocenters. The van der Waals surface area contributed by atoms with Crippen molar-refractivity contribution in [3.63, 3.8) is 0 Å². The van der Waals surface area contributed by atoms with Gasteiger partial charge in [-0.2, -0.15) is 13.2 Å². The first-order valence-electron chi connectivity index (χ1n) is 6.23. The molecular weight excluding hydrogens is 339 g/mol. The SMILES string of the molecule is O=C(C1CC1)N1CCOc2c(Br)cc(C(F)(F)F)cc21. The van der Waals surface area contributed by atoms with E-state index in [0.717, 1.165) is 25.0 Å². The highest BCUT2D eigenvalue weighted by molar-refractivity contribution is 9.10. The molecule has 0 unspecified atom stereocenters. The fourth-order valence-corrected chi connectivity index (χ4v) is 2.79. The highest BCUT2D eigenvalue weighted by Crippen LogP contribution is 2.45. The number of fused-ring (bicyclic) bond motifs is 1. The van der Waals surface area contributed by atoms with Gasteiger partial charge in [-0.15, -0.1) is 0 Å². The van der Waals surface area contributed by atoms with Crippen LogP contribution in [-0.2, 0) is 11.0 Å². The number of ether oxygens (including phenoxy) is 1. The van der Waals surface area contributed by atoms with Gasteiger partial charge >= 0.3 is 6.18 Å². The quantitative estimate of drug-likeness (QED) is 0.775. The molecule has 7 heteroatoms. The Morgan fingerprint density at radius 3 is 2.65 bits per heavy atom. The minimum absolute atomic E-state index is 0.0470. The molecule has 0 radical (unpaired) electrons. The number of hydrogen-bond acceptors (Lipinski definition) is 2. The molecular formula is C13H11BrF3NO2. The van der Waals surface area contributed by atoms with Gasteiger partial charge in [-0.3, -0.25) is 4.79 Å². The zero-order valence-electron chi connectivity index (χ0n) is 10.3. The monoisotopic (exact) mass is 349 g/mol. The predicted octanol–water partition coefficient (Wildman–Crippen LogP) is 3.60. The van der Waals surface area contributed by atoms with Gasteiger partial charge in [0.25, 0.3) is 0 Å². The van der Waals surface area contributed by atoms with E-state index in [1.807, 2.05) is 0 Å². The maximum Gasteiger partial charge on any atom is 0.416 e. The fourth-order valence-electron chi connectivity index (χ4n) is 2.22. The largest absolute Gasteiger partial charge is 0.488 e. The van der Waals surface area contributed by atoms with Gasteiger partial charge < -0.3 is 9.64 Å². The van der Waals surface area contributed by atoms with Crippen LogP contribution in [0.1, 0.15) is 18.4 Å². The summed E-state index contributed by atoms with van der Waals surface area (Å²) in [6.45, 7) is 0.575. The third-order valence-electron chi connectivity index (χ3n) is 3.40. The molecule has 108 valence electrons. The number of benzene rings is 1. The van der Waals surface area contributed by atoms with Crippen molar-refractivity contribution in [2.45, 2.75) is 19.0 Å². The minimum Gasteiger partial charge on any atom is -0.488 e. The van der Waals surface area contributed by atoms with Gasteiger partial charge in [0.1, 0.15) is 6.61 Å². The van der Waals surface area contributed by atoms with Crippen LogP contribution in [0.4, 0.5) is 18.9 Å².